The van der Waals surface area contributed by atoms with Gasteiger partial charge < -0.3 is 9.64 Å². The lowest BCUT2D eigenvalue weighted by Crippen LogP contribution is -2.42. The molecule has 0 spiro atoms. The van der Waals surface area contributed by atoms with Gasteiger partial charge in [-0.15, -0.1) is 0 Å². The highest BCUT2D eigenvalue weighted by atomic mass is 19.3. The van der Waals surface area contributed by atoms with Gasteiger partial charge in [0.15, 0.2) is 0 Å². The molecule has 4 nitrogen and oxygen atoms in total. The van der Waals surface area contributed by atoms with Crippen LogP contribution in [0.25, 0.3) is 0 Å². The van der Waals surface area contributed by atoms with Crippen LogP contribution in [-0.4, -0.2) is 49.5 Å². The highest BCUT2D eigenvalue weighted by Gasteiger charge is 2.27. The highest BCUT2D eigenvalue weighted by Crippen LogP contribution is 2.25. The lowest BCUT2D eigenvalue weighted by molar-refractivity contribution is -0.134. The van der Waals surface area contributed by atoms with Crippen LogP contribution >= 0.6 is 0 Å². The fraction of sp³-hybridized carbons (Fsp3) is 0.562. The molecule has 0 N–H and O–H groups in total. The van der Waals surface area contributed by atoms with Crippen LogP contribution < -0.4 is 4.74 Å². The summed E-state index contributed by atoms with van der Waals surface area (Å²) in [4.78, 5) is 15.8. The summed E-state index contributed by atoms with van der Waals surface area (Å²) in [5, 5.41) is 0. The monoisotopic (exact) mass is 312 g/mol. The third-order valence-corrected chi connectivity index (χ3v) is 3.88. The van der Waals surface area contributed by atoms with Crippen molar-refractivity contribution in [2.45, 2.75) is 26.0 Å². The van der Waals surface area contributed by atoms with E-state index in [9.17, 15) is 13.6 Å². The van der Waals surface area contributed by atoms with Crippen molar-refractivity contribution in [1.29, 1.82) is 0 Å². The fourth-order valence-corrected chi connectivity index (χ4v) is 2.85. The topological polar surface area (TPSA) is 32.8 Å². The number of para-hydroxylation sites is 1. The molecule has 1 heterocycles. The molecule has 1 saturated heterocycles. The molecule has 0 radical (unpaired) electrons. The third kappa shape index (κ3) is 4.40. The van der Waals surface area contributed by atoms with Gasteiger partial charge in [0.05, 0.1) is 5.92 Å². The lowest BCUT2D eigenvalue weighted by Gasteiger charge is -2.33. The normalized spacial score (nSPS) is 19.2. The Morgan fingerprint density at radius 1 is 1.41 bits per heavy atom. The van der Waals surface area contributed by atoms with Gasteiger partial charge in [-0.2, -0.15) is 8.78 Å². The Labute approximate surface area is 129 Å². The van der Waals surface area contributed by atoms with Crippen LogP contribution in [0.4, 0.5) is 8.78 Å². The van der Waals surface area contributed by atoms with E-state index in [4.69, 9.17) is 0 Å². The number of piperidine rings is 1. The molecule has 0 saturated carbocycles. The van der Waals surface area contributed by atoms with Gasteiger partial charge in [0.25, 0.3) is 0 Å². The number of amides is 1. The van der Waals surface area contributed by atoms with Gasteiger partial charge in [0, 0.05) is 32.7 Å². The number of carbonyl (C=O) groups excluding carboxylic acids is 1. The number of halogens is 2. The van der Waals surface area contributed by atoms with E-state index in [1.807, 2.05) is 0 Å². The summed E-state index contributed by atoms with van der Waals surface area (Å²) >= 11 is 0. The molecule has 6 heteroatoms. The minimum absolute atomic E-state index is 0.0214. The minimum Gasteiger partial charge on any atom is -0.434 e. The Bertz CT molecular complexity index is 509. The molecule has 0 aliphatic carbocycles. The summed E-state index contributed by atoms with van der Waals surface area (Å²) in [7, 11) is 3.51. The van der Waals surface area contributed by atoms with E-state index in [0.717, 1.165) is 24.9 Å². The van der Waals surface area contributed by atoms with Crippen LogP contribution in [0.15, 0.2) is 24.3 Å². The molecular formula is C16H22F2N2O2. The van der Waals surface area contributed by atoms with Crippen molar-refractivity contribution in [2.24, 2.45) is 5.92 Å². The smallest absolute Gasteiger partial charge is 0.387 e. The first-order valence-electron chi connectivity index (χ1n) is 7.43. The van der Waals surface area contributed by atoms with Crippen molar-refractivity contribution in [1.82, 2.24) is 9.80 Å². The average molecular weight is 312 g/mol. The molecular weight excluding hydrogens is 290 g/mol. The molecule has 22 heavy (non-hydrogen) atoms. The van der Waals surface area contributed by atoms with Crippen LogP contribution in [0.1, 0.15) is 18.4 Å². The van der Waals surface area contributed by atoms with E-state index >= 15 is 0 Å². The largest absolute Gasteiger partial charge is 0.434 e. The zero-order chi connectivity index (χ0) is 16.1. The molecule has 1 aromatic carbocycles. The molecule has 0 bridgehead atoms. The minimum atomic E-state index is -2.83. The number of ether oxygens (including phenoxy) is 1. The number of hydrogen-bond donors (Lipinski definition) is 0. The highest BCUT2D eigenvalue weighted by molar-refractivity contribution is 5.78. The van der Waals surface area contributed by atoms with Gasteiger partial charge in [-0.3, -0.25) is 9.69 Å². The Morgan fingerprint density at radius 2 is 2.14 bits per heavy atom. The van der Waals surface area contributed by atoms with Crippen LogP contribution in [0, 0.1) is 5.92 Å². The average Bonchev–Trinajstić information content (AvgIpc) is 2.48. The predicted molar refractivity (Wildman–Crippen MR) is 79.8 cm³/mol. The van der Waals surface area contributed by atoms with E-state index in [1.165, 1.54) is 0 Å². The molecule has 1 aliphatic rings. The molecule has 1 aromatic rings. The molecule has 1 aliphatic heterocycles. The summed E-state index contributed by atoms with van der Waals surface area (Å²) in [6.07, 6.45) is 1.81. The summed E-state index contributed by atoms with van der Waals surface area (Å²) in [5.41, 5.74) is 0.723. The van der Waals surface area contributed by atoms with Crippen LogP contribution in [0.2, 0.25) is 0 Å². The molecule has 2 rings (SSSR count). The van der Waals surface area contributed by atoms with E-state index < -0.39 is 6.61 Å². The van der Waals surface area contributed by atoms with E-state index in [0.29, 0.717) is 13.1 Å². The van der Waals surface area contributed by atoms with Crippen molar-refractivity contribution < 1.29 is 18.3 Å². The van der Waals surface area contributed by atoms with Gasteiger partial charge in [-0.05, 0) is 25.5 Å². The lowest BCUT2D eigenvalue weighted by atomic mass is 9.96. The van der Waals surface area contributed by atoms with Gasteiger partial charge in [0.1, 0.15) is 5.75 Å². The maximum absolute atomic E-state index is 12.4. The van der Waals surface area contributed by atoms with Gasteiger partial charge in [-0.1, -0.05) is 18.2 Å². The maximum atomic E-state index is 12.4. The summed E-state index contributed by atoms with van der Waals surface area (Å²) < 4.78 is 29.5. The maximum Gasteiger partial charge on any atom is 0.387 e. The molecule has 1 fully saturated rings. The molecule has 1 amide bonds. The van der Waals surface area contributed by atoms with Crippen molar-refractivity contribution in [3.8, 4) is 5.75 Å². The number of carbonyl (C=O) groups is 1. The molecule has 1 atom stereocenters. The Balaban J connectivity index is 2.03. The molecule has 0 unspecified atom stereocenters. The number of benzene rings is 1. The van der Waals surface area contributed by atoms with Gasteiger partial charge >= 0.3 is 6.61 Å². The first-order valence-corrected chi connectivity index (χ1v) is 7.43. The van der Waals surface area contributed by atoms with E-state index in [2.05, 4.69) is 9.64 Å². The Morgan fingerprint density at radius 3 is 2.82 bits per heavy atom. The molecule has 122 valence electrons. The van der Waals surface area contributed by atoms with Crippen molar-refractivity contribution in [2.75, 3.05) is 27.2 Å². The second kappa shape index (κ2) is 7.54. The van der Waals surface area contributed by atoms with E-state index in [1.54, 1.807) is 43.3 Å². The number of rotatable bonds is 5. The number of likely N-dealkylation sites (tertiary alicyclic amines) is 1. The Hall–Kier alpha value is -1.69. The Kier molecular flexibility index (Phi) is 5.71. The number of hydrogen-bond acceptors (Lipinski definition) is 3. The quantitative estimate of drug-likeness (QED) is 0.838. The summed E-state index contributed by atoms with van der Waals surface area (Å²) in [6.45, 7) is -0.800. The summed E-state index contributed by atoms with van der Waals surface area (Å²) in [6, 6.07) is 6.82. The second-order valence-electron chi connectivity index (χ2n) is 5.79. The standard InChI is InChI=1S/C16H22F2N2O2/c1-19(2)15(21)13-7-5-9-20(11-13)10-12-6-3-4-8-14(12)22-16(17)18/h3-4,6,8,13,16H,5,7,9-11H2,1-2H3/t13-/m0/s1. The fourth-order valence-electron chi connectivity index (χ4n) is 2.85. The predicted octanol–water partition coefficient (Wildman–Crippen LogP) is 2.59. The molecule has 0 aromatic heterocycles. The zero-order valence-electron chi connectivity index (χ0n) is 13.0. The van der Waals surface area contributed by atoms with Crippen molar-refractivity contribution in [3.63, 3.8) is 0 Å². The first kappa shape index (κ1) is 16.7. The van der Waals surface area contributed by atoms with Crippen molar-refractivity contribution in [3.05, 3.63) is 29.8 Å². The summed E-state index contributed by atoms with van der Waals surface area (Å²) in [5.74, 6) is 0.312. The second-order valence-corrected chi connectivity index (χ2v) is 5.79. The van der Waals surface area contributed by atoms with E-state index in [-0.39, 0.29) is 17.6 Å². The number of nitrogens with zero attached hydrogens (tertiary/aromatic N) is 2. The van der Waals surface area contributed by atoms with Crippen LogP contribution in [0.3, 0.4) is 0 Å². The van der Waals surface area contributed by atoms with Gasteiger partial charge in [-0.25, -0.2) is 0 Å². The van der Waals surface area contributed by atoms with Crippen LogP contribution in [0.5, 0.6) is 5.75 Å². The third-order valence-electron chi connectivity index (χ3n) is 3.88. The number of alkyl halides is 2. The first-order chi connectivity index (χ1) is 10.5. The SMILES string of the molecule is CN(C)C(=O)[C@H]1CCCN(Cc2ccccc2OC(F)F)C1. The van der Waals surface area contributed by atoms with Gasteiger partial charge in [0.2, 0.25) is 5.91 Å². The van der Waals surface area contributed by atoms with Crippen LogP contribution in [-0.2, 0) is 11.3 Å². The zero-order valence-corrected chi connectivity index (χ0v) is 13.0. The van der Waals surface area contributed by atoms with Crippen molar-refractivity contribution >= 4 is 5.91 Å².